The second-order valence-electron chi connectivity index (χ2n) is 3.92. The molecule has 6 nitrogen and oxygen atoms in total. The molecule has 2 rings (SSSR count). The Labute approximate surface area is 114 Å². The second kappa shape index (κ2) is 4.67. The topological polar surface area (TPSA) is 100 Å². The molecule has 0 spiro atoms. The van der Waals surface area contributed by atoms with Crippen LogP contribution in [0.2, 0.25) is 5.02 Å². The van der Waals surface area contributed by atoms with Crippen LogP contribution < -0.4 is 0 Å². The summed E-state index contributed by atoms with van der Waals surface area (Å²) in [5.74, 6) is -1.15. The van der Waals surface area contributed by atoms with Gasteiger partial charge in [-0.3, -0.25) is 5.10 Å². The van der Waals surface area contributed by atoms with E-state index in [0.29, 0.717) is 11.3 Å². The molecule has 1 aromatic carbocycles. The molecule has 0 saturated carbocycles. The van der Waals surface area contributed by atoms with Crippen molar-refractivity contribution in [3.05, 3.63) is 35.0 Å². The number of carboxylic acids is 1. The quantitative estimate of drug-likeness (QED) is 0.900. The minimum Gasteiger partial charge on any atom is -0.477 e. The molecule has 0 saturated heterocycles. The van der Waals surface area contributed by atoms with E-state index in [1.54, 1.807) is 0 Å². The Bertz CT molecular complexity index is 752. The first-order chi connectivity index (χ1) is 8.77. The van der Waals surface area contributed by atoms with E-state index in [4.69, 9.17) is 16.7 Å². The van der Waals surface area contributed by atoms with Crippen LogP contribution in [0.15, 0.2) is 29.2 Å². The average Bonchev–Trinajstić information content (AvgIpc) is 2.76. The van der Waals surface area contributed by atoms with Crippen molar-refractivity contribution in [2.45, 2.75) is 4.90 Å². The van der Waals surface area contributed by atoms with E-state index in [-0.39, 0.29) is 15.6 Å². The first kappa shape index (κ1) is 13.6. The summed E-state index contributed by atoms with van der Waals surface area (Å²) in [6.07, 6.45) is 1.07. The van der Waals surface area contributed by atoms with Crippen LogP contribution in [-0.4, -0.2) is 35.9 Å². The van der Waals surface area contributed by atoms with E-state index < -0.39 is 15.8 Å². The van der Waals surface area contributed by atoms with Crippen molar-refractivity contribution < 1.29 is 18.3 Å². The monoisotopic (exact) mass is 300 g/mol. The Morgan fingerprint density at radius 2 is 2.00 bits per heavy atom. The number of nitrogens with zero attached hydrogens (tertiary/aromatic N) is 1. The average molecular weight is 301 g/mol. The zero-order valence-corrected chi connectivity index (χ0v) is 11.3. The van der Waals surface area contributed by atoms with Gasteiger partial charge in [0.2, 0.25) is 0 Å². The van der Waals surface area contributed by atoms with E-state index in [0.717, 1.165) is 6.26 Å². The van der Waals surface area contributed by atoms with Gasteiger partial charge in [-0.15, -0.1) is 0 Å². The van der Waals surface area contributed by atoms with Crippen LogP contribution in [0.5, 0.6) is 0 Å². The maximum Gasteiger partial charge on any atom is 0.353 e. The molecule has 1 heterocycles. The molecule has 2 aromatic rings. The normalized spacial score (nSPS) is 11.5. The van der Waals surface area contributed by atoms with Gasteiger partial charge in [-0.1, -0.05) is 11.6 Å². The summed E-state index contributed by atoms with van der Waals surface area (Å²) in [6, 6.07) is 5.53. The number of benzene rings is 1. The minimum absolute atomic E-state index is 0.0508. The van der Waals surface area contributed by atoms with Crippen LogP contribution in [0, 0.1) is 0 Å². The van der Waals surface area contributed by atoms with Crippen LogP contribution in [0.4, 0.5) is 0 Å². The lowest BCUT2D eigenvalue weighted by atomic mass is 10.1. The number of sulfone groups is 1. The number of carboxylic acid groups (broad SMARTS) is 1. The molecule has 8 heteroatoms. The van der Waals surface area contributed by atoms with E-state index in [1.165, 1.54) is 24.3 Å². The number of hydrogen-bond donors (Lipinski definition) is 2. The SMILES string of the molecule is CS(=O)(=O)c1cc(Cl)cc(-c2cc(C(=O)O)[nH]n2)c1. The van der Waals surface area contributed by atoms with Crippen molar-refractivity contribution in [2.75, 3.05) is 6.26 Å². The zero-order chi connectivity index (χ0) is 14.2. The highest BCUT2D eigenvalue weighted by Crippen LogP contribution is 2.26. The molecule has 1 aromatic heterocycles. The van der Waals surface area contributed by atoms with Gasteiger partial charge in [0, 0.05) is 16.8 Å². The number of hydrogen-bond acceptors (Lipinski definition) is 4. The van der Waals surface area contributed by atoms with Crippen molar-refractivity contribution in [2.24, 2.45) is 0 Å². The van der Waals surface area contributed by atoms with Crippen molar-refractivity contribution in [1.82, 2.24) is 10.2 Å². The van der Waals surface area contributed by atoms with Crippen LogP contribution in [0.3, 0.4) is 0 Å². The molecule has 0 bridgehead atoms. The molecule has 0 aliphatic carbocycles. The highest BCUT2D eigenvalue weighted by atomic mass is 35.5. The van der Waals surface area contributed by atoms with E-state index in [1.807, 2.05) is 0 Å². The van der Waals surface area contributed by atoms with Gasteiger partial charge in [-0.2, -0.15) is 5.10 Å². The van der Waals surface area contributed by atoms with Gasteiger partial charge in [0.1, 0.15) is 5.69 Å². The lowest BCUT2D eigenvalue weighted by Gasteiger charge is -2.03. The fourth-order valence-electron chi connectivity index (χ4n) is 1.50. The van der Waals surface area contributed by atoms with Gasteiger partial charge in [0.15, 0.2) is 9.84 Å². The van der Waals surface area contributed by atoms with Crippen LogP contribution in [0.25, 0.3) is 11.3 Å². The highest BCUT2D eigenvalue weighted by Gasteiger charge is 2.14. The molecule has 100 valence electrons. The molecule has 0 aliphatic heterocycles. The lowest BCUT2D eigenvalue weighted by Crippen LogP contribution is -1.97. The number of aromatic carboxylic acids is 1. The highest BCUT2D eigenvalue weighted by molar-refractivity contribution is 7.90. The molecule has 0 fully saturated rings. The van der Waals surface area contributed by atoms with Gasteiger partial charge >= 0.3 is 5.97 Å². The maximum atomic E-state index is 11.5. The molecule has 0 amide bonds. The van der Waals surface area contributed by atoms with E-state index in [2.05, 4.69) is 10.2 Å². The van der Waals surface area contributed by atoms with E-state index >= 15 is 0 Å². The Balaban J connectivity index is 2.56. The van der Waals surface area contributed by atoms with Gasteiger partial charge in [0.25, 0.3) is 0 Å². The summed E-state index contributed by atoms with van der Waals surface area (Å²) >= 11 is 5.86. The van der Waals surface area contributed by atoms with Gasteiger partial charge in [-0.25, -0.2) is 13.2 Å². The van der Waals surface area contributed by atoms with Crippen molar-refractivity contribution in [3.8, 4) is 11.3 Å². The third kappa shape index (κ3) is 2.94. The summed E-state index contributed by atoms with van der Waals surface area (Å²) in [4.78, 5) is 10.8. The first-order valence-corrected chi connectivity index (χ1v) is 7.34. The molecule has 2 N–H and O–H groups in total. The minimum atomic E-state index is -3.40. The number of rotatable bonds is 3. The standard InChI is InChI=1S/C11H9ClN2O4S/c1-19(17,18)8-3-6(2-7(12)4-8)9-5-10(11(15)16)14-13-9/h2-5H,1H3,(H,13,14)(H,15,16). The largest absolute Gasteiger partial charge is 0.477 e. The Morgan fingerprint density at radius 3 is 2.53 bits per heavy atom. The number of aromatic amines is 1. The van der Waals surface area contributed by atoms with Gasteiger partial charge < -0.3 is 5.11 Å². The predicted molar refractivity (Wildman–Crippen MR) is 69.1 cm³/mol. The van der Waals surface area contributed by atoms with Crippen molar-refractivity contribution in [1.29, 1.82) is 0 Å². The fraction of sp³-hybridized carbons (Fsp3) is 0.0909. The van der Waals surface area contributed by atoms with Gasteiger partial charge in [-0.05, 0) is 24.3 Å². The number of nitrogens with one attached hydrogen (secondary N) is 1. The summed E-state index contributed by atoms with van der Waals surface area (Å²) in [5.41, 5.74) is 0.650. The summed E-state index contributed by atoms with van der Waals surface area (Å²) in [6.45, 7) is 0. The predicted octanol–water partition coefficient (Wildman–Crippen LogP) is 1.83. The van der Waals surface area contributed by atoms with Crippen LogP contribution >= 0.6 is 11.6 Å². The maximum absolute atomic E-state index is 11.5. The van der Waals surface area contributed by atoms with Crippen LogP contribution in [0.1, 0.15) is 10.5 Å². The fourth-order valence-corrected chi connectivity index (χ4v) is 2.49. The Hall–Kier alpha value is -1.86. The number of H-pyrrole nitrogens is 1. The first-order valence-electron chi connectivity index (χ1n) is 5.07. The second-order valence-corrected chi connectivity index (χ2v) is 6.37. The molecular weight excluding hydrogens is 292 g/mol. The third-order valence-electron chi connectivity index (χ3n) is 2.40. The Kier molecular flexibility index (Phi) is 3.34. The van der Waals surface area contributed by atoms with E-state index in [9.17, 15) is 13.2 Å². The Morgan fingerprint density at radius 1 is 1.32 bits per heavy atom. The molecular formula is C11H9ClN2O4S. The van der Waals surface area contributed by atoms with Crippen molar-refractivity contribution >= 4 is 27.4 Å². The lowest BCUT2D eigenvalue weighted by molar-refractivity contribution is 0.0690. The molecule has 0 radical (unpaired) electrons. The zero-order valence-electron chi connectivity index (χ0n) is 9.71. The molecule has 19 heavy (non-hydrogen) atoms. The molecule has 0 atom stereocenters. The summed E-state index contributed by atoms with van der Waals surface area (Å²) in [7, 11) is -3.40. The summed E-state index contributed by atoms with van der Waals surface area (Å²) < 4.78 is 23.0. The molecule has 0 unspecified atom stereocenters. The van der Waals surface area contributed by atoms with Crippen LogP contribution in [-0.2, 0) is 9.84 Å². The molecule has 0 aliphatic rings. The van der Waals surface area contributed by atoms with Gasteiger partial charge in [0.05, 0.1) is 10.6 Å². The third-order valence-corrected chi connectivity index (χ3v) is 3.71. The number of aromatic nitrogens is 2. The number of carbonyl (C=O) groups is 1. The smallest absolute Gasteiger partial charge is 0.353 e. The van der Waals surface area contributed by atoms with Crippen molar-refractivity contribution in [3.63, 3.8) is 0 Å². The summed E-state index contributed by atoms with van der Waals surface area (Å²) in [5, 5.41) is 15.2. The number of halogens is 1.